The van der Waals surface area contributed by atoms with E-state index >= 15 is 0 Å². The van der Waals surface area contributed by atoms with Gasteiger partial charge in [-0.3, -0.25) is 0 Å². The molecule has 13 rings (SSSR count). The highest BCUT2D eigenvalue weighted by Crippen LogP contribution is 2.56. The van der Waals surface area contributed by atoms with Crippen LogP contribution in [0.25, 0.3) is 57.8 Å². The number of aromatic nitrogens is 1. The van der Waals surface area contributed by atoms with E-state index in [1.54, 1.807) is 0 Å². The molecule has 4 nitrogen and oxygen atoms in total. The molecule has 0 unspecified atom stereocenters. The monoisotopic (exact) mass is 918 g/mol. The lowest BCUT2D eigenvalue weighted by molar-refractivity contribution is 0.590. The summed E-state index contributed by atoms with van der Waals surface area (Å²) in [5, 5.41) is 17.6. The average molecular weight is 919 g/mol. The van der Waals surface area contributed by atoms with Gasteiger partial charge in [0.2, 0.25) is 0 Å². The minimum absolute atomic E-state index is 0.0140. The molecular weight excluding hydrogens is 864 g/mol. The Hall–Kier alpha value is -6.33. The van der Waals surface area contributed by atoms with Crippen molar-refractivity contribution in [2.75, 3.05) is 9.80 Å². The van der Waals surface area contributed by atoms with Crippen LogP contribution in [0.2, 0.25) is 0 Å². The molecule has 0 amide bonds. The maximum atomic E-state index is 11.2. The van der Waals surface area contributed by atoms with Gasteiger partial charge in [-0.15, -0.1) is 22.7 Å². The van der Waals surface area contributed by atoms with Gasteiger partial charge in [-0.1, -0.05) is 132 Å². The molecule has 68 heavy (non-hydrogen) atoms. The molecule has 3 aromatic heterocycles. The molecule has 0 N–H and O–H groups in total. The van der Waals surface area contributed by atoms with Crippen LogP contribution in [0.3, 0.4) is 0 Å². The van der Waals surface area contributed by atoms with Gasteiger partial charge >= 0.3 is 0 Å². The summed E-state index contributed by atoms with van der Waals surface area (Å²) < 4.78 is 7.76. The Morgan fingerprint density at radius 2 is 1.06 bits per heavy atom. The molecule has 0 bridgehead atoms. The number of fused-ring (bicyclic) bond motifs is 14. The molecule has 0 spiro atoms. The quantitative estimate of drug-likeness (QED) is 0.154. The Labute approximate surface area is 408 Å². The van der Waals surface area contributed by atoms with Gasteiger partial charge in [0, 0.05) is 52.5 Å². The highest BCUT2D eigenvalue weighted by molar-refractivity contribution is 7.34. The Morgan fingerprint density at radius 1 is 0.471 bits per heavy atom. The number of nitrogens with zero attached hydrogens (tertiary/aromatic N) is 4. The fourth-order valence-corrected chi connectivity index (χ4v) is 14.1. The molecule has 0 fully saturated rings. The van der Waals surface area contributed by atoms with Crippen LogP contribution in [0, 0.1) is 11.3 Å². The van der Waals surface area contributed by atoms with Crippen molar-refractivity contribution in [2.45, 2.75) is 105 Å². The first-order chi connectivity index (χ1) is 32.2. The molecule has 0 saturated heterocycles. The molecule has 7 aromatic carbocycles. The van der Waals surface area contributed by atoms with E-state index in [2.05, 4.69) is 219 Å². The van der Waals surface area contributed by atoms with Crippen LogP contribution < -0.4 is 25.5 Å². The molecule has 10 aromatic rings. The first-order valence-corrected chi connectivity index (χ1v) is 25.8. The van der Waals surface area contributed by atoms with E-state index in [0.29, 0.717) is 5.56 Å². The molecule has 0 radical (unpaired) electrons. The number of hydrogen-bond donors (Lipinski definition) is 0. The number of nitriles is 1. The van der Waals surface area contributed by atoms with Crippen molar-refractivity contribution in [1.29, 1.82) is 5.26 Å². The molecule has 6 heterocycles. The van der Waals surface area contributed by atoms with E-state index in [1.165, 1.54) is 113 Å². The van der Waals surface area contributed by atoms with Crippen molar-refractivity contribution in [3.05, 3.63) is 143 Å². The number of hydrogen-bond acceptors (Lipinski definition) is 5. The molecule has 0 aliphatic carbocycles. The number of anilines is 6. The molecule has 0 atom stereocenters. The zero-order chi connectivity index (χ0) is 47.3. The van der Waals surface area contributed by atoms with Crippen molar-refractivity contribution in [1.82, 2.24) is 4.57 Å². The first kappa shape index (κ1) is 41.8. The summed E-state index contributed by atoms with van der Waals surface area (Å²) in [5.41, 5.74) is 18.8. The summed E-state index contributed by atoms with van der Waals surface area (Å²) in [4.78, 5) is 5.16. The molecule has 7 heteroatoms. The van der Waals surface area contributed by atoms with E-state index in [-0.39, 0.29) is 28.4 Å². The Balaban J connectivity index is 1.23. The molecule has 334 valence electrons. The van der Waals surface area contributed by atoms with Gasteiger partial charge in [0.1, 0.15) is 0 Å². The standard InChI is InChI=1S/C61H55BN4S2/c1-58(2,3)34-20-22-44-40(26-34)41-28-36(60(7,8)9)30-48-53(41)64(44)49-31-37(61(10,11)12)29-43-55(49)66(48)47-25-33(32-63)24-46-52(47)62(43)57-54(42-27-35(59(4,5)6)21-23-51(42)68-57)65(46)45-18-15-17-39-38-16-13-14-19-50(38)67-56(39)45/h13-31H,1-12H3. The highest BCUT2D eigenvalue weighted by Gasteiger charge is 2.49. The lowest BCUT2D eigenvalue weighted by Crippen LogP contribution is -2.61. The molecule has 0 saturated carbocycles. The van der Waals surface area contributed by atoms with Gasteiger partial charge in [0.25, 0.3) is 6.71 Å². The third-order valence-electron chi connectivity index (χ3n) is 15.3. The second-order valence-corrected chi connectivity index (χ2v) is 25.9. The maximum absolute atomic E-state index is 11.2. The zero-order valence-corrected chi connectivity index (χ0v) is 42.8. The smallest absolute Gasteiger partial charge is 0.264 e. The summed E-state index contributed by atoms with van der Waals surface area (Å²) in [7, 11) is 0. The van der Waals surface area contributed by atoms with Crippen molar-refractivity contribution in [3.63, 3.8) is 0 Å². The van der Waals surface area contributed by atoms with Gasteiger partial charge in [-0.05, 0) is 122 Å². The zero-order valence-electron chi connectivity index (χ0n) is 41.2. The number of thiophene rings is 2. The second kappa shape index (κ2) is 13.5. The van der Waals surface area contributed by atoms with Crippen molar-refractivity contribution < 1.29 is 0 Å². The van der Waals surface area contributed by atoms with Crippen molar-refractivity contribution in [2.24, 2.45) is 0 Å². The Morgan fingerprint density at radius 3 is 1.75 bits per heavy atom. The summed E-state index contributed by atoms with van der Waals surface area (Å²) in [6.45, 7) is 27.9. The maximum Gasteiger partial charge on any atom is 0.264 e. The first-order valence-electron chi connectivity index (χ1n) is 24.2. The molecule has 3 aliphatic rings. The van der Waals surface area contributed by atoms with Crippen molar-refractivity contribution >= 4 is 131 Å². The third kappa shape index (κ3) is 5.65. The van der Waals surface area contributed by atoms with E-state index in [4.69, 9.17) is 0 Å². The lowest BCUT2D eigenvalue weighted by Gasteiger charge is -2.46. The van der Waals surface area contributed by atoms with Crippen LogP contribution in [0.1, 0.15) is 111 Å². The highest BCUT2D eigenvalue weighted by atomic mass is 32.1. The Kier molecular flexibility index (Phi) is 8.28. The van der Waals surface area contributed by atoms with Crippen LogP contribution in [0.15, 0.2) is 115 Å². The lowest BCUT2D eigenvalue weighted by atomic mass is 9.35. The van der Waals surface area contributed by atoms with Crippen LogP contribution >= 0.6 is 22.7 Å². The normalized spacial score (nSPS) is 14.4. The fraction of sp³-hybridized carbons (Fsp3) is 0.262. The van der Waals surface area contributed by atoms with E-state index in [0.717, 1.165) is 17.1 Å². The number of benzene rings is 7. The minimum Gasteiger partial charge on any atom is -0.308 e. The van der Waals surface area contributed by atoms with Gasteiger partial charge < -0.3 is 14.4 Å². The van der Waals surface area contributed by atoms with Crippen molar-refractivity contribution in [3.8, 4) is 11.8 Å². The van der Waals surface area contributed by atoms with Gasteiger partial charge in [0.15, 0.2) is 0 Å². The molecule has 3 aliphatic heterocycles. The predicted octanol–water partition coefficient (Wildman–Crippen LogP) is 15.8. The van der Waals surface area contributed by atoms with Gasteiger partial charge in [-0.2, -0.15) is 5.26 Å². The topological polar surface area (TPSA) is 35.2 Å². The van der Waals surface area contributed by atoms with Crippen LogP contribution in [-0.2, 0) is 21.7 Å². The largest absolute Gasteiger partial charge is 0.308 e. The fourth-order valence-electron chi connectivity index (χ4n) is 11.6. The second-order valence-electron chi connectivity index (χ2n) is 23.8. The van der Waals surface area contributed by atoms with Gasteiger partial charge in [0.05, 0.1) is 55.8 Å². The summed E-state index contributed by atoms with van der Waals surface area (Å²) in [6, 6.07) is 47.1. The van der Waals surface area contributed by atoms with E-state index < -0.39 is 0 Å². The van der Waals surface area contributed by atoms with E-state index in [1.807, 2.05) is 22.7 Å². The Bertz CT molecular complexity index is 3940. The summed E-state index contributed by atoms with van der Waals surface area (Å²) >= 11 is 3.82. The minimum atomic E-state index is -0.135. The van der Waals surface area contributed by atoms with Gasteiger partial charge in [-0.25, -0.2) is 0 Å². The SMILES string of the molecule is CC(C)(C)c1cc2c3c(c1)-n1c4ccc(C(C)(C)C)cc4c4cc(C(C)(C)C)cc(c41)N3c1cc(C#N)cc3c1B2c1sc2ccc(C(C)(C)C)cc2c1N3c1cccc2c1sc1ccccc12. The summed E-state index contributed by atoms with van der Waals surface area (Å²) in [5.74, 6) is 0. The average Bonchev–Trinajstić information content (AvgIpc) is 3.97. The summed E-state index contributed by atoms with van der Waals surface area (Å²) in [6.07, 6.45) is 0. The van der Waals surface area contributed by atoms with E-state index in [9.17, 15) is 5.26 Å². The van der Waals surface area contributed by atoms with Crippen LogP contribution in [0.5, 0.6) is 0 Å². The predicted molar refractivity (Wildman–Crippen MR) is 296 cm³/mol. The van der Waals surface area contributed by atoms with Crippen LogP contribution in [-0.4, -0.2) is 11.3 Å². The molecular formula is C61H55BN4S2. The number of rotatable bonds is 1. The van der Waals surface area contributed by atoms with Crippen LogP contribution in [0.4, 0.5) is 34.1 Å². The third-order valence-corrected chi connectivity index (χ3v) is 17.7.